The van der Waals surface area contributed by atoms with E-state index >= 15 is 0 Å². The molecule has 0 spiro atoms. The van der Waals surface area contributed by atoms with Crippen molar-refractivity contribution in [2.45, 2.75) is 11.7 Å². The van der Waals surface area contributed by atoms with E-state index in [2.05, 4.69) is 0 Å². The first kappa shape index (κ1) is 9.49. The molecule has 2 unspecified atom stereocenters. The van der Waals surface area contributed by atoms with Crippen LogP contribution in [0.4, 0.5) is 0 Å². The number of rotatable bonds is 4. The first-order valence-electron chi connectivity index (χ1n) is 2.59. The van der Waals surface area contributed by atoms with Gasteiger partial charge in [-0.3, -0.25) is 5.73 Å². The zero-order valence-electron chi connectivity index (χ0n) is 5.20. The SMILES string of the molecule is NC(CCO)([PH+]=O)C(=O)O. The molecule has 0 aliphatic rings. The molecule has 5 nitrogen and oxygen atoms in total. The van der Waals surface area contributed by atoms with Gasteiger partial charge in [-0.2, -0.15) is 0 Å². The molecule has 0 bridgehead atoms. The number of aliphatic hydroxyl groups excluding tert-OH is 1. The summed E-state index contributed by atoms with van der Waals surface area (Å²) in [7, 11) is -1.14. The fourth-order valence-electron chi connectivity index (χ4n) is 0.378. The van der Waals surface area contributed by atoms with Gasteiger partial charge in [0.2, 0.25) is 0 Å². The Morgan fingerprint density at radius 2 is 2.20 bits per heavy atom. The van der Waals surface area contributed by atoms with Crippen molar-refractivity contribution in [3.05, 3.63) is 0 Å². The van der Waals surface area contributed by atoms with Gasteiger partial charge in [0.15, 0.2) is 0 Å². The van der Waals surface area contributed by atoms with E-state index in [4.69, 9.17) is 15.9 Å². The van der Waals surface area contributed by atoms with Gasteiger partial charge in [0.1, 0.15) is 0 Å². The molecule has 0 rings (SSSR count). The number of carbonyl (C=O) groups is 1. The third-order valence-electron chi connectivity index (χ3n) is 1.07. The maximum Gasteiger partial charge on any atom is 0.374 e. The van der Waals surface area contributed by atoms with Crippen LogP contribution >= 0.6 is 8.46 Å². The molecule has 58 valence electrons. The number of hydrogen-bond acceptors (Lipinski definition) is 4. The van der Waals surface area contributed by atoms with Crippen LogP contribution in [-0.2, 0) is 9.36 Å². The molecule has 0 aromatic heterocycles. The maximum absolute atomic E-state index is 10.2. The third-order valence-corrected chi connectivity index (χ3v) is 1.90. The van der Waals surface area contributed by atoms with Crippen LogP contribution in [-0.4, -0.2) is 28.1 Å². The summed E-state index contributed by atoms with van der Waals surface area (Å²) in [5.74, 6) is -1.35. The molecule has 0 saturated carbocycles. The van der Waals surface area contributed by atoms with Crippen LogP contribution in [0.5, 0.6) is 0 Å². The van der Waals surface area contributed by atoms with Gasteiger partial charge in [-0.1, -0.05) is 4.57 Å². The zero-order valence-corrected chi connectivity index (χ0v) is 6.20. The highest BCUT2D eigenvalue weighted by Gasteiger charge is 2.42. The summed E-state index contributed by atoms with van der Waals surface area (Å²) in [5.41, 5.74) is 5.09. The lowest BCUT2D eigenvalue weighted by molar-refractivity contribution is -0.140. The van der Waals surface area contributed by atoms with E-state index < -0.39 is 19.7 Å². The van der Waals surface area contributed by atoms with E-state index in [1.807, 2.05) is 0 Å². The molecule has 0 fully saturated rings. The topological polar surface area (TPSA) is 101 Å². The highest BCUT2D eigenvalue weighted by Crippen LogP contribution is 2.20. The van der Waals surface area contributed by atoms with E-state index in [0.29, 0.717) is 0 Å². The van der Waals surface area contributed by atoms with Gasteiger partial charge in [0, 0.05) is 13.0 Å². The van der Waals surface area contributed by atoms with Crippen molar-refractivity contribution in [1.82, 2.24) is 0 Å². The van der Waals surface area contributed by atoms with Crippen molar-refractivity contribution in [2.24, 2.45) is 5.73 Å². The van der Waals surface area contributed by atoms with Crippen molar-refractivity contribution >= 4 is 14.4 Å². The fourth-order valence-corrected chi connectivity index (χ4v) is 0.679. The summed E-state index contributed by atoms with van der Waals surface area (Å²) in [4.78, 5) is 10.2. The van der Waals surface area contributed by atoms with Gasteiger partial charge in [0.05, 0.1) is 0 Å². The molecule has 0 heterocycles. The number of hydrogen-bond donors (Lipinski definition) is 3. The average molecular weight is 166 g/mol. The number of carboxylic acid groups (broad SMARTS) is 1. The fraction of sp³-hybridized carbons (Fsp3) is 0.750. The van der Waals surface area contributed by atoms with Crippen LogP contribution < -0.4 is 5.73 Å². The molecule has 4 N–H and O–H groups in total. The second-order valence-electron chi connectivity index (χ2n) is 1.85. The van der Waals surface area contributed by atoms with Gasteiger partial charge in [-0.15, -0.1) is 0 Å². The van der Waals surface area contributed by atoms with Gasteiger partial charge in [0.25, 0.3) is 0 Å². The molecule has 0 aromatic carbocycles. The Balaban J connectivity index is 4.22. The van der Waals surface area contributed by atoms with Crippen molar-refractivity contribution in [3.63, 3.8) is 0 Å². The van der Waals surface area contributed by atoms with Crippen LogP contribution in [0.25, 0.3) is 0 Å². The van der Waals surface area contributed by atoms with Crippen molar-refractivity contribution in [1.29, 1.82) is 0 Å². The molecule has 0 amide bonds. The zero-order chi connectivity index (χ0) is 8.20. The highest BCUT2D eigenvalue weighted by atomic mass is 31.1. The molecular weight excluding hydrogens is 157 g/mol. The summed E-state index contributed by atoms with van der Waals surface area (Å²) >= 11 is 0. The Morgan fingerprint density at radius 1 is 1.70 bits per heavy atom. The molecule has 2 atom stereocenters. The maximum atomic E-state index is 10.2. The minimum atomic E-state index is -1.77. The Labute approximate surface area is 59.0 Å². The molecule has 0 aromatic rings. The van der Waals surface area contributed by atoms with Crippen LogP contribution in [0.15, 0.2) is 0 Å². The van der Waals surface area contributed by atoms with Crippen LogP contribution in [0.2, 0.25) is 0 Å². The lowest BCUT2D eigenvalue weighted by Crippen LogP contribution is -2.42. The number of nitrogens with two attached hydrogens (primary N) is 1. The molecule has 0 radical (unpaired) electrons. The minimum absolute atomic E-state index is 0.190. The van der Waals surface area contributed by atoms with E-state index in [1.165, 1.54) is 0 Å². The molecule has 6 heteroatoms. The Morgan fingerprint density at radius 3 is 2.30 bits per heavy atom. The molecule has 0 aliphatic heterocycles. The average Bonchev–Trinajstić information content (AvgIpc) is 1.88. The lowest BCUT2D eigenvalue weighted by atomic mass is 10.2. The monoisotopic (exact) mass is 166 g/mol. The first-order chi connectivity index (χ1) is 4.56. The number of aliphatic hydroxyl groups is 1. The largest absolute Gasteiger partial charge is 0.477 e. The Bertz CT molecular complexity index is 150. The van der Waals surface area contributed by atoms with Gasteiger partial charge < -0.3 is 10.2 Å². The Kier molecular flexibility index (Phi) is 3.42. The van der Waals surface area contributed by atoms with Crippen LogP contribution in [0.1, 0.15) is 6.42 Å². The number of aliphatic carboxylic acids is 1. The second kappa shape index (κ2) is 3.61. The smallest absolute Gasteiger partial charge is 0.374 e. The summed E-state index contributed by atoms with van der Waals surface area (Å²) in [6.45, 7) is -0.377. The number of carboxylic acids is 1. The summed E-state index contributed by atoms with van der Waals surface area (Å²) in [6, 6.07) is 0. The minimum Gasteiger partial charge on any atom is -0.477 e. The first-order valence-corrected chi connectivity index (χ1v) is 3.50. The standard InChI is InChI=1S/C4H8NO4P/c5-4(10-9,1-2-6)3(7)8/h6H,1-2,5H2,(H,7,8)/p+1. The molecule has 0 saturated heterocycles. The van der Waals surface area contributed by atoms with Crippen molar-refractivity contribution in [2.75, 3.05) is 6.61 Å². The quantitative estimate of drug-likeness (QED) is 0.471. The summed E-state index contributed by atoms with van der Waals surface area (Å²) in [5, 5.41) is 14.9. The third kappa shape index (κ3) is 2.02. The van der Waals surface area contributed by atoms with E-state index in [9.17, 15) is 9.36 Å². The van der Waals surface area contributed by atoms with E-state index in [-0.39, 0.29) is 13.0 Å². The molecule has 10 heavy (non-hydrogen) atoms. The van der Waals surface area contributed by atoms with E-state index in [0.717, 1.165) is 0 Å². The predicted molar refractivity (Wildman–Crippen MR) is 35.3 cm³/mol. The second-order valence-corrected chi connectivity index (χ2v) is 2.95. The highest BCUT2D eigenvalue weighted by molar-refractivity contribution is 7.27. The van der Waals surface area contributed by atoms with Gasteiger partial charge in [-0.25, -0.2) is 4.79 Å². The Hall–Kier alpha value is -0.510. The van der Waals surface area contributed by atoms with Crippen LogP contribution in [0.3, 0.4) is 0 Å². The van der Waals surface area contributed by atoms with E-state index in [1.54, 1.807) is 0 Å². The summed E-state index contributed by atoms with van der Waals surface area (Å²) in [6.07, 6.45) is -0.190. The van der Waals surface area contributed by atoms with Crippen LogP contribution in [0, 0.1) is 0 Å². The molecular formula is C4H9NO4P+. The normalized spacial score (nSPS) is 16.6. The molecule has 0 aliphatic carbocycles. The van der Waals surface area contributed by atoms with Gasteiger partial charge >= 0.3 is 19.7 Å². The lowest BCUT2D eigenvalue weighted by Gasteiger charge is -2.06. The van der Waals surface area contributed by atoms with Gasteiger partial charge in [-0.05, 0) is 0 Å². The van der Waals surface area contributed by atoms with Crippen molar-refractivity contribution in [3.8, 4) is 0 Å². The summed E-state index contributed by atoms with van der Waals surface area (Å²) < 4.78 is 10.2. The van der Waals surface area contributed by atoms with Crippen molar-refractivity contribution < 1.29 is 19.6 Å². The predicted octanol–water partition coefficient (Wildman–Crippen LogP) is -0.868.